The first-order chi connectivity index (χ1) is 8.78. The second-order valence-corrected chi connectivity index (χ2v) is 7.12. The van der Waals surface area contributed by atoms with Crippen molar-refractivity contribution in [2.24, 2.45) is 0 Å². The Morgan fingerprint density at radius 2 is 2.11 bits per heavy atom. The molecule has 1 aliphatic rings. The highest BCUT2D eigenvalue weighted by molar-refractivity contribution is 7.91. The molecule has 1 amide bonds. The molecule has 0 aliphatic carbocycles. The van der Waals surface area contributed by atoms with Crippen LogP contribution in [-0.4, -0.2) is 48.8 Å². The second kappa shape index (κ2) is 4.80. The molecule has 1 saturated heterocycles. The van der Waals surface area contributed by atoms with Gasteiger partial charge in [0.25, 0.3) is 5.91 Å². The molecule has 0 spiro atoms. The zero-order chi connectivity index (χ0) is 14.2. The Bertz CT molecular complexity index is 663. The van der Waals surface area contributed by atoms with Gasteiger partial charge in [0.2, 0.25) is 5.56 Å². The van der Waals surface area contributed by atoms with Crippen molar-refractivity contribution in [2.75, 3.05) is 18.6 Å². The molecule has 1 fully saturated rings. The van der Waals surface area contributed by atoms with E-state index < -0.39 is 9.84 Å². The predicted molar refractivity (Wildman–Crippen MR) is 71.0 cm³/mol. The van der Waals surface area contributed by atoms with Crippen molar-refractivity contribution >= 4 is 15.7 Å². The van der Waals surface area contributed by atoms with Crippen molar-refractivity contribution in [1.29, 1.82) is 0 Å². The molecule has 1 atom stereocenters. The Kier molecular flexibility index (Phi) is 3.49. The molecule has 7 heteroatoms. The third-order valence-corrected chi connectivity index (χ3v) is 5.05. The number of nitrogens with zero attached hydrogens (tertiary/aromatic N) is 1. The number of rotatable bonds is 2. The molecule has 19 heavy (non-hydrogen) atoms. The van der Waals surface area contributed by atoms with Gasteiger partial charge >= 0.3 is 0 Å². The summed E-state index contributed by atoms with van der Waals surface area (Å²) in [5.74, 6) is -0.211. The lowest BCUT2D eigenvalue weighted by Gasteiger charge is -2.23. The quantitative estimate of drug-likeness (QED) is 0.824. The summed E-state index contributed by atoms with van der Waals surface area (Å²) in [6.45, 7) is 1.69. The minimum absolute atomic E-state index is 0.00257. The Morgan fingerprint density at radius 3 is 2.63 bits per heavy atom. The fraction of sp³-hybridized carbons (Fsp3) is 0.500. The molecular weight excluding hydrogens is 268 g/mol. The molecule has 0 saturated carbocycles. The minimum atomic E-state index is -3.03. The molecule has 2 rings (SSSR count). The first-order valence-corrected chi connectivity index (χ1v) is 7.79. The monoisotopic (exact) mass is 284 g/mol. The summed E-state index contributed by atoms with van der Waals surface area (Å²) in [7, 11) is -1.46. The van der Waals surface area contributed by atoms with E-state index in [0.717, 1.165) is 0 Å². The van der Waals surface area contributed by atoms with Crippen molar-refractivity contribution in [3.8, 4) is 0 Å². The molecule has 1 unspecified atom stereocenters. The van der Waals surface area contributed by atoms with Crippen molar-refractivity contribution in [3.05, 3.63) is 33.7 Å². The van der Waals surface area contributed by atoms with E-state index in [4.69, 9.17) is 0 Å². The highest BCUT2D eigenvalue weighted by Gasteiger charge is 2.33. The standard InChI is InChI=1S/C12H16N2O4S/c1-8-5-9(6-11(15)13-8)12(16)14(2)10-3-4-19(17,18)7-10/h5-6,10H,3-4,7H2,1-2H3,(H,13,15). The lowest BCUT2D eigenvalue weighted by atomic mass is 10.1. The van der Waals surface area contributed by atoms with E-state index >= 15 is 0 Å². The second-order valence-electron chi connectivity index (χ2n) is 4.89. The SMILES string of the molecule is Cc1cc(C(=O)N(C)C2CCS(=O)(=O)C2)cc(=O)[nH]1. The van der Waals surface area contributed by atoms with Crippen LogP contribution >= 0.6 is 0 Å². The molecule has 0 bridgehead atoms. The van der Waals surface area contributed by atoms with Gasteiger partial charge in [0.15, 0.2) is 9.84 Å². The van der Waals surface area contributed by atoms with Crippen LogP contribution in [-0.2, 0) is 9.84 Å². The number of sulfone groups is 1. The summed E-state index contributed by atoms with van der Waals surface area (Å²) in [5, 5.41) is 0. The molecule has 0 aromatic carbocycles. The van der Waals surface area contributed by atoms with Gasteiger partial charge in [0, 0.05) is 30.4 Å². The number of hydrogen-bond donors (Lipinski definition) is 1. The molecule has 2 heterocycles. The van der Waals surface area contributed by atoms with Crippen LogP contribution in [0.3, 0.4) is 0 Å². The molecule has 1 aliphatic heterocycles. The third-order valence-electron chi connectivity index (χ3n) is 3.30. The van der Waals surface area contributed by atoms with Crippen LogP contribution in [0.2, 0.25) is 0 Å². The number of nitrogens with one attached hydrogen (secondary N) is 1. The van der Waals surface area contributed by atoms with Gasteiger partial charge in [-0.05, 0) is 19.4 Å². The maximum absolute atomic E-state index is 12.2. The summed E-state index contributed by atoms with van der Waals surface area (Å²) in [5.41, 5.74) is 0.548. The number of hydrogen-bond acceptors (Lipinski definition) is 4. The fourth-order valence-electron chi connectivity index (χ4n) is 2.26. The highest BCUT2D eigenvalue weighted by Crippen LogP contribution is 2.18. The number of pyridine rings is 1. The van der Waals surface area contributed by atoms with Crippen LogP contribution in [0.5, 0.6) is 0 Å². The maximum Gasteiger partial charge on any atom is 0.254 e. The molecule has 0 radical (unpaired) electrons. The van der Waals surface area contributed by atoms with E-state index in [-0.39, 0.29) is 34.6 Å². The van der Waals surface area contributed by atoms with Crippen LogP contribution < -0.4 is 5.56 Å². The molecule has 1 aromatic heterocycles. The molecular formula is C12H16N2O4S. The van der Waals surface area contributed by atoms with E-state index in [2.05, 4.69) is 4.98 Å². The van der Waals surface area contributed by atoms with Gasteiger partial charge in [0.05, 0.1) is 11.5 Å². The third kappa shape index (κ3) is 3.04. The Balaban J connectivity index is 2.22. The largest absolute Gasteiger partial charge is 0.338 e. The zero-order valence-electron chi connectivity index (χ0n) is 10.8. The summed E-state index contributed by atoms with van der Waals surface area (Å²) in [6.07, 6.45) is 0.451. The van der Waals surface area contributed by atoms with Gasteiger partial charge in [-0.2, -0.15) is 0 Å². The smallest absolute Gasteiger partial charge is 0.254 e. The molecule has 104 valence electrons. The number of H-pyrrole nitrogens is 1. The Morgan fingerprint density at radius 1 is 1.42 bits per heavy atom. The van der Waals surface area contributed by atoms with Crippen molar-refractivity contribution in [3.63, 3.8) is 0 Å². The number of aromatic nitrogens is 1. The normalized spacial score (nSPS) is 21.3. The van der Waals surface area contributed by atoms with E-state index in [1.165, 1.54) is 11.0 Å². The molecule has 1 aromatic rings. The Hall–Kier alpha value is -1.63. The number of carbonyl (C=O) groups excluding carboxylic acids is 1. The first kappa shape index (κ1) is 13.8. The maximum atomic E-state index is 12.2. The van der Waals surface area contributed by atoms with Gasteiger partial charge in [-0.1, -0.05) is 0 Å². The van der Waals surface area contributed by atoms with Gasteiger partial charge in [0.1, 0.15) is 0 Å². The lowest BCUT2D eigenvalue weighted by Crippen LogP contribution is -2.38. The van der Waals surface area contributed by atoms with Crippen LogP contribution in [0.15, 0.2) is 16.9 Å². The van der Waals surface area contributed by atoms with Gasteiger partial charge in [-0.15, -0.1) is 0 Å². The van der Waals surface area contributed by atoms with Gasteiger partial charge in [-0.25, -0.2) is 8.42 Å². The lowest BCUT2D eigenvalue weighted by molar-refractivity contribution is 0.0747. The number of aryl methyl sites for hydroxylation is 1. The summed E-state index contributed by atoms with van der Waals surface area (Å²) < 4.78 is 22.8. The van der Waals surface area contributed by atoms with Gasteiger partial charge < -0.3 is 9.88 Å². The molecule has 1 N–H and O–H groups in total. The van der Waals surface area contributed by atoms with E-state index in [1.54, 1.807) is 20.0 Å². The minimum Gasteiger partial charge on any atom is -0.338 e. The van der Waals surface area contributed by atoms with E-state index in [9.17, 15) is 18.0 Å². The average Bonchev–Trinajstić information content (AvgIpc) is 2.66. The van der Waals surface area contributed by atoms with Crippen LogP contribution in [0.4, 0.5) is 0 Å². The van der Waals surface area contributed by atoms with Crippen LogP contribution in [0.25, 0.3) is 0 Å². The number of amides is 1. The van der Waals surface area contributed by atoms with Crippen molar-refractivity contribution in [1.82, 2.24) is 9.88 Å². The van der Waals surface area contributed by atoms with E-state index in [1.807, 2.05) is 0 Å². The zero-order valence-corrected chi connectivity index (χ0v) is 11.7. The van der Waals surface area contributed by atoms with Crippen LogP contribution in [0.1, 0.15) is 22.5 Å². The number of aromatic amines is 1. The van der Waals surface area contributed by atoms with Crippen molar-refractivity contribution in [2.45, 2.75) is 19.4 Å². The summed E-state index contributed by atoms with van der Waals surface area (Å²) >= 11 is 0. The highest BCUT2D eigenvalue weighted by atomic mass is 32.2. The summed E-state index contributed by atoms with van der Waals surface area (Å²) in [4.78, 5) is 27.5. The molecule has 6 nitrogen and oxygen atoms in total. The van der Waals surface area contributed by atoms with Crippen molar-refractivity contribution < 1.29 is 13.2 Å². The van der Waals surface area contributed by atoms with Crippen LogP contribution in [0, 0.1) is 6.92 Å². The van der Waals surface area contributed by atoms with E-state index in [0.29, 0.717) is 12.1 Å². The number of carbonyl (C=O) groups is 1. The fourth-order valence-corrected chi connectivity index (χ4v) is 4.03. The summed E-state index contributed by atoms with van der Waals surface area (Å²) in [6, 6.07) is 2.51. The predicted octanol–water partition coefficient (Wildman–Crippen LogP) is -0.0576. The first-order valence-electron chi connectivity index (χ1n) is 5.97. The van der Waals surface area contributed by atoms with Gasteiger partial charge in [-0.3, -0.25) is 9.59 Å². The Labute approximate surface area is 111 Å². The topological polar surface area (TPSA) is 87.3 Å². The average molecular weight is 284 g/mol.